The molecule has 2 aliphatic rings. The number of hydrogen-bond acceptors (Lipinski definition) is 5. The second kappa shape index (κ2) is 8.70. The molecule has 1 fully saturated rings. The zero-order valence-electron chi connectivity index (χ0n) is 15.0. The molecule has 2 unspecified atom stereocenters. The molecule has 0 radical (unpaired) electrons. The Morgan fingerprint density at radius 2 is 2.19 bits per heavy atom. The van der Waals surface area contributed by atoms with Crippen LogP contribution in [0.15, 0.2) is 18.2 Å². The largest absolute Gasteiger partial charge is 0.478 e. The zero-order valence-corrected chi connectivity index (χ0v) is 15.8. The summed E-state index contributed by atoms with van der Waals surface area (Å²) < 4.78 is 11.4. The lowest BCUT2D eigenvalue weighted by Crippen LogP contribution is -2.37. The highest BCUT2D eigenvalue weighted by Crippen LogP contribution is 2.33. The molecule has 2 amide bonds. The Morgan fingerprint density at radius 1 is 1.42 bits per heavy atom. The SMILES string of the molecule is CCC1Oc2cc(C(C)NC(=O)[C@@H]3CC[C@H](CN)O3)ccc2NC1=O.Cl. The summed E-state index contributed by atoms with van der Waals surface area (Å²) in [5.41, 5.74) is 7.15. The fourth-order valence-corrected chi connectivity index (χ4v) is 3.16. The average molecular weight is 384 g/mol. The van der Waals surface area contributed by atoms with Gasteiger partial charge in [-0.3, -0.25) is 9.59 Å². The second-order valence-corrected chi connectivity index (χ2v) is 6.55. The van der Waals surface area contributed by atoms with Crippen LogP contribution in [0.2, 0.25) is 0 Å². The molecule has 7 nitrogen and oxygen atoms in total. The summed E-state index contributed by atoms with van der Waals surface area (Å²) in [6.07, 6.45) is 1.16. The maximum atomic E-state index is 12.4. The van der Waals surface area contributed by atoms with Gasteiger partial charge in [0.05, 0.1) is 17.8 Å². The van der Waals surface area contributed by atoms with Crippen LogP contribution in [0.25, 0.3) is 0 Å². The Balaban J connectivity index is 0.00000243. The topological polar surface area (TPSA) is 103 Å². The number of anilines is 1. The van der Waals surface area contributed by atoms with E-state index in [9.17, 15) is 9.59 Å². The second-order valence-electron chi connectivity index (χ2n) is 6.55. The van der Waals surface area contributed by atoms with E-state index < -0.39 is 12.2 Å². The van der Waals surface area contributed by atoms with Gasteiger partial charge in [-0.25, -0.2) is 0 Å². The number of nitrogens with one attached hydrogen (secondary N) is 2. The van der Waals surface area contributed by atoms with Gasteiger partial charge in [-0.2, -0.15) is 0 Å². The van der Waals surface area contributed by atoms with Gasteiger partial charge in [0.2, 0.25) is 5.91 Å². The molecule has 4 N–H and O–H groups in total. The summed E-state index contributed by atoms with van der Waals surface area (Å²) in [6.45, 7) is 4.25. The minimum atomic E-state index is -0.479. The average Bonchev–Trinajstić information content (AvgIpc) is 3.10. The molecule has 1 aromatic carbocycles. The number of carbonyl (C=O) groups is 2. The van der Waals surface area contributed by atoms with Gasteiger partial charge in [0.1, 0.15) is 11.9 Å². The van der Waals surface area contributed by atoms with Crippen molar-refractivity contribution in [1.82, 2.24) is 5.32 Å². The monoisotopic (exact) mass is 383 g/mol. The zero-order chi connectivity index (χ0) is 18.0. The fraction of sp³-hybridized carbons (Fsp3) is 0.556. The summed E-state index contributed by atoms with van der Waals surface area (Å²) in [4.78, 5) is 24.2. The first kappa shape index (κ1) is 20.5. The van der Waals surface area contributed by atoms with Crippen LogP contribution in [0.3, 0.4) is 0 Å². The lowest BCUT2D eigenvalue weighted by atomic mass is 10.1. The van der Waals surface area contributed by atoms with Crippen molar-refractivity contribution in [2.24, 2.45) is 5.73 Å². The van der Waals surface area contributed by atoms with Crippen LogP contribution < -0.4 is 21.1 Å². The molecular weight excluding hydrogens is 358 g/mol. The number of ether oxygens (including phenoxy) is 2. The van der Waals surface area contributed by atoms with E-state index in [4.69, 9.17) is 15.2 Å². The number of fused-ring (bicyclic) bond motifs is 1. The summed E-state index contributed by atoms with van der Waals surface area (Å²) in [5, 5.41) is 5.82. The smallest absolute Gasteiger partial charge is 0.265 e. The molecule has 4 atom stereocenters. The van der Waals surface area contributed by atoms with Crippen LogP contribution in [-0.4, -0.2) is 36.7 Å². The van der Waals surface area contributed by atoms with Gasteiger partial charge >= 0.3 is 0 Å². The molecule has 3 rings (SSSR count). The van der Waals surface area contributed by atoms with E-state index in [2.05, 4.69) is 10.6 Å². The lowest BCUT2D eigenvalue weighted by molar-refractivity contribution is -0.132. The van der Waals surface area contributed by atoms with Crippen molar-refractivity contribution in [2.45, 2.75) is 57.5 Å². The normalized spacial score (nSPS) is 25.3. The standard InChI is InChI=1S/C18H25N3O4.ClH/c1-3-14-17(22)21-13-6-4-11(8-16(13)25-14)10(2)20-18(23)15-7-5-12(9-19)24-15;/h4,6,8,10,12,14-15H,3,5,7,9,19H2,1-2H3,(H,20,23)(H,21,22);1H/t10?,12-,14?,15+;/m1./s1. The van der Waals surface area contributed by atoms with E-state index in [1.165, 1.54) is 0 Å². The van der Waals surface area contributed by atoms with Crippen LogP contribution in [-0.2, 0) is 14.3 Å². The van der Waals surface area contributed by atoms with Crippen LogP contribution in [0, 0.1) is 0 Å². The van der Waals surface area contributed by atoms with E-state index in [1.54, 1.807) is 6.07 Å². The van der Waals surface area contributed by atoms with Gasteiger partial charge in [0.25, 0.3) is 5.91 Å². The van der Waals surface area contributed by atoms with Crippen molar-refractivity contribution in [3.8, 4) is 5.75 Å². The molecule has 0 bridgehead atoms. The van der Waals surface area contributed by atoms with Crippen molar-refractivity contribution < 1.29 is 19.1 Å². The minimum Gasteiger partial charge on any atom is -0.478 e. The molecule has 144 valence electrons. The van der Waals surface area contributed by atoms with Crippen molar-refractivity contribution in [1.29, 1.82) is 0 Å². The first-order valence-corrected chi connectivity index (χ1v) is 8.79. The maximum Gasteiger partial charge on any atom is 0.265 e. The van der Waals surface area contributed by atoms with Crippen LogP contribution in [0.5, 0.6) is 5.75 Å². The van der Waals surface area contributed by atoms with Gasteiger partial charge in [0, 0.05) is 6.54 Å². The third kappa shape index (κ3) is 4.28. The fourth-order valence-electron chi connectivity index (χ4n) is 3.16. The Bertz CT molecular complexity index is 670. The molecule has 26 heavy (non-hydrogen) atoms. The van der Waals surface area contributed by atoms with Gasteiger partial charge in [-0.15, -0.1) is 12.4 Å². The molecule has 0 saturated carbocycles. The highest BCUT2D eigenvalue weighted by molar-refractivity contribution is 5.97. The van der Waals surface area contributed by atoms with Gasteiger partial charge < -0.3 is 25.8 Å². The highest BCUT2D eigenvalue weighted by Gasteiger charge is 2.31. The lowest BCUT2D eigenvalue weighted by Gasteiger charge is -2.26. The molecule has 2 aliphatic heterocycles. The van der Waals surface area contributed by atoms with Crippen LogP contribution >= 0.6 is 12.4 Å². The summed E-state index contributed by atoms with van der Waals surface area (Å²) in [5.74, 6) is 0.379. The van der Waals surface area contributed by atoms with Crippen molar-refractivity contribution in [3.63, 3.8) is 0 Å². The molecular formula is C18H26ClN3O4. The Morgan fingerprint density at radius 3 is 2.85 bits per heavy atom. The molecule has 0 spiro atoms. The summed E-state index contributed by atoms with van der Waals surface area (Å²) >= 11 is 0. The highest BCUT2D eigenvalue weighted by atomic mass is 35.5. The number of nitrogens with two attached hydrogens (primary N) is 1. The quantitative estimate of drug-likeness (QED) is 0.720. The van der Waals surface area contributed by atoms with Crippen molar-refractivity contribution in [2.75, 3.05) is 11.9 Å². The third-order valence-electron chi connectivity index (χ3n) is 4.72. The minimum absolute atomic E-state index is 0. The number of amides is 2. The predicted molar refractivity (Wildman–Crippen MR) is 101 cm³/mol. The van der Waals surface area contributed by atoms with Crippen LogP contribution in [0.1, 0.15) is 44.7 Å². The Hall–Kier alpha value is -1.83. The number of rotatable bonds is 5. The number of hydrogen-bond donors (Lipinski definition) is 3. The van der Waals surface area contributed by atoms with Gasteiger partial charge in [0.15, 0.2) is 6.10 Å². The number of benzene rings is 1. The summed E-state index contributed by atoms with van der Waals surface area (Å²) in [6, 6.07) is 5.34. The molecule has 0 aliphatic carbocycles. The van der Waals surface area contributed by atoms with E-state index in [0.717, 1.165) is 12.0 Å². The Labute approximate surface area is 159 Å². The van der Waals surface area contributed by atoms with Gasteiger partial charge in [-0.05, 0) is 43.9 Å². The van der Waals surface area contributed by atoms with Crippen LogP contribution in [0.4, 0.5) is 5.69 Å². The molecule has 8 heteroatoms. The predicted octanol–water partition coefficient (Wildman–Crippen LogP) is 1.90. The molecule has 2 heterocycles. The molecule has 1 aromatic rings. The maximum absolute atomic E-state index is 12.4. The number of halogens is 1. The van der Waals surface area contributed by atoms with E-state index in [1.807, 2.05) is 26.0 Å². The van der Waals surface area contributed by atoms with E-state index in [-0.39, 0.29) is 36.4 Å². The third-order valence-corrected chi connectivity index (χ3v) is 4.72. The molecule has 1 saturated heterocycles. The first-order valence-electron chi connectivity index (χ1n) is 8.79. The number of carbonyl (C=O) groups excluding carboxylic acids is 2. The Kier molecular flexibility index (Phi) is 6.86. The van der Waals surface area contributed by atoms with Crippen molar-refractivity contribution >= 4 is 29.9 Å². The van der Waals surface area contributed by atoms with E-state index in [0.29, 0.717) is 30.8 Å². The first-order chi connectivity index (χ1) is 12.0. The molecule has 0 aromatic heterocycles. The van der Waals surface area contributed by atoms with Gasteiger partial charge in [-0.1, -0.05) is 13.0 Å². The van der Waals surface area contributed by atoms with E-state index >= 15 is 0 Å². The van der Waals surface area contributed by atoms with Crippen molar-refractivity contribution in [3.05, 3.63) is 23.8 Å². The summed E-state index contributed by atoms with van der Waals surface area (Å²) in [7, 11) is 0.